The molecule has 2 N–H and O–H groups in total. The number of halogens is 1. The molecule has 0 saturated heterocycles. The van der Waals surface area contributed by atoms with Crippen molar-refractivity contribution in [2.45, 2.75) is 26.4 Å². The average molecular weight is 435 g/mol. The van der Waals surface area contributed by atoms with Gasteiger partial charge < -0.3 is 15.4 Å². The number of anilines is 1. The molecule has 1 unspecified atom stereocenters. The molecule has 8 heteroatoms. The molecule has 32 heavy (non-hydrogen) atoms. The molecule has 0 fully saturated rings. The second-order valence-corrected chi connectivity index (χ2v) is 7.96. The summed E-state index contributed by atoms with van der Waals surface area (Å²) in [6, 6.07) is 14.1. The van der Waals surface area contributed by atoms with Gasteiger partial charge in [0.25, 0.3) is 0 Å². The van der Waals surface area contributed by atoms with E-state index in [1.54, 1.807) is 12.1 Å². The average Bonchev–Trinajstić information content (AvgIpc) is 3.12. The van der Waals surface area contributed by atoms with Crippen LogP contribution in [0.25, 0.3) is 16.6 Å². The minimum Gasteiger partial charge on any atom is -0.486 e. The second kappa shape index (κ2) is 8.92. The van der Waals surface area contributed by atoms with Gasteiger partial charge in [0.2, 0.25) is 0 Å². The first-order valence-corrected chi connectivity index (χ1v) is 10.5. The Morgan fingerprint density at radius 1 is 1.09 bits per heavy atom. The van der Waals surface area contributed by atoms with Crippen molar-refractivity contribution >= 4 is 16.7 Å². The maximum atomic E-state index is 13.3. The van der Waals surface area contributed by atoms with Gasteiger partial charge in [-0.3, -0.25) is 0 Å². The van der Waals surface area contributed by atoms with E-state index in [4.69, 9.17) is 15.6 Å². The van der Waals surface area contributed by atoms with Crippen molar-refractivity contribution in [3.05, 3.63) is 71.3 Å². The van der Waals surface area contributed by atoms with E-state index in [-0.39, 0.29) is 11.9 Å². The van der Waals surface area contributed by atoms with Gasteiger partial charge in [0.05, 0.1) is 22.5 Å². The number of benzene rings is 2. The monoisotopic (exact) mass is 434 g/mol. The van der Waals surface area contributed by atoms with Crippen LogP contribution in [0.15, 0.2) is 48.5 Å². The number of rotatable bonds is 7. The van der Waals surface area contributed by atoms with E-state index in [0.717, 1.165) is 39.4 Å². The topological polar surface area (TPSA) is 82.1 Å². The molecule has 0 spiro atoms. The summed E-state index contributed by atoms with van der Waals surface area (Å²) in [6.45, 7) is 4.41. The Labute approximate surface area is 186 Å². The fourth-order valence-corrected chi connectivity index (χ4v) is 3.84. The summed E-state index contributed by atoms with van der Waals surface area (Å²) in [5.41, 5.74) is 10.2. The van der Waals surface area contributed by atoms with Crippen molar-refractivity contribution in [2.24, 2.45) is 5.73 Å². The van der Waals surface area contributed by atoms with Gasteiger partial charge in [-0.05, 0) is 50.2 Å². The Kier molecular flexibility index (Phi) is 6.05. The summed E-state index contributed by atoms with van der Waals surface area (Å²) in [5.74, 6) is 1.13. The van der Waals surface area contributed by atoms with Crippen LogP contribution >= 0.6 is 0 Å². The Hall–Kier alpha value is -3.52. The minimum absolute atomic E-state index is 0.273. The van der Waals surface area contributed by atoms with Crippen LogP contribution in [0.5, 0.6) is 5.75 Å². The fraction of sp³-hybridized carbons (Fsp3) is 0.292. The van der Waals surface area contributed by atoms with Gasteiger partial charge in [-0.1, -0.05) is 18.2 Å². The molecule has 0 aliphatic heterocycles. The fourth-order valence-electron chi connectivity index (χ4n) is 3.84. The van der Waals surface area contributed by atoms with E-state index in [9.17, 15) is 4.39 Å². The molecule has 2 aromatic heterocycles. The summed E-state index contributed by atoms with van der Waals surface area (Å²) < 4.78 is 21.5. The van der Waals surface area contributed by atoms with Crippen LogP contribution in [0.2, 0.25) is 0 Å². The summed E-state index contributed by atoms with van der Waals surface area (Å²) in [5, 5.41) is 14.4. The smallest absolute Gasteiger partial charge is 0.179 e. The van der Waals surface area contributed by atoms with Gasteiger partial charge >= 0.3 is 0 Å². The first kappa shape index (κ1) is 21.7. The molecule has 0 amide bonds. The molecule has 166 valence electrons. The molecule has 7 nitrogen and oxygen atoms in total. The second-order valence-electron chi connectivity index (χ2n) is 7.96. The van der Waals surface area contributed by atoms with E-state index in [2.05, 4.69) is 10.2 Å². The zero-order chi connectivity index (χ0) is 22.8. The molecular formula is C24H27FN6O. The number of nitrogens with zero attached hydrogens (tertiary/aromatic N) is 5. The highest BCUT2D eigenvalue weighted by molar-refractivity contribution is 5.92. The van der Waals surface area contributed by atoms with Crippen molar-refractivity contribution in [3.63, 3.8) is 0 Å². The van der Waals surface area contributed by atoms with Crippen LogP contribution < -0.4 is 15.4 Å². The van der Waals surface area contributed by atoms with Gasteiger partial charge in [0, 0.05) is 26.6 Å². The molecule has 0 radical (unpaired) electrons. The minimum atomic E-state index is -0.278. The zero-order valence-electron chi connectivity index (χ0n) is 18.7. The number of hydrogen-bond acceptors (Lipinski definition) is 6. The van der Waals surface area contributed by atoms with E-state index in [1.807, 2.05) is 61.8 Å². The maximum Gasteiger partial charge on any atom is 0.179 e. The first-order chi connectivity index (χ1) is 15.4. The zero-order valence-corrected chi connectivity index (χ0v) is 18.7. The van der Waals surface area contributed by atoms with Crippen LogP contribution in [-0.4, -0.2) is 40.6 Å². The van der Waals surface area contributed by atoms with Crippen molar-refractivity contribution in [1.29, 1.82) is 0 Å². The summed E-state index contributed by atoms with van der Waals surface area (Å²) >= 11 is 0. The Bertz CT molecular complexity index is 1240. The summed E-state index contributed by atoms with van der Waals surface area (Å²) in [4.78, 5) is 1.91. The van der Waals surface area contributed by atoms with Gasteiger partial charge in [-0.15, -0.1) is 5.10 Å². The standard InChI is InChI=1S/C24H27FN6O/c1-15-22-16(2)31(29-23(22)24(28-27-15)30(3)4)19-6-5-7-20(14-19)32-21(12-13-26)17-8-10-18(25)11-9-17/h5-11,14,21H,12-13,26H2,1-4H3. The third kappa shape index (κ3) is 4.13. The highest BCUT2D eigenvalue weighted by Gasteiger charge is 2.19. The van der Waals surface area contributed by atoms with Crippen LogP contribution in [0, 0.1) is 19.7 Å². The largest absolute Gasteiger partial charge is 0.486 e. The highest BCUT2D eigenvalue weighted by atomic mass is 19.1. The first-order valence-electron chi connectivity index (χ1n) is 10.5. The molecule has 4 aromatic rings. The Morgan fingerprint density at radius 2 is 1.84 bits per heavy atom. The van der Waals surface area contributed by atoms with Crippen molar-refractivity contribution in [3.8, 4) is 11.4 Å². The molecule has 4 rings (SSSR count). The van der Waals surface area contributed by atoms with E-state index in [0.29, 0.717) is 18.7 Å². The summed E-state index contributed by atoms with van der Waals surface area (Å²) in [7, 11) is 3.85. The number of fused-ring (bicyclic) bond motifs is 1. The lowest BCUT2D eigenvalue weighted by atomic mass is 10.1. The van der Waals surface area contributed by atoms with E-state index in [1.165, 1.54) is 12.1 Å². The third-order valence-electron chi connectivity index (χ3n) is 5.42. The van der Waals surface area contributed by atoms with Gasteiger partial charge in [0.1, 0.15) is 23.2 Å². The number of aromatic nitrogens is 4. The number of aryl methyl sites for hydroxylation is 2. The molecule has 2 heterocycles. The molecule has 0 aliphatic carbocycles. The van der Waals surface area contributed by atoms with Crippen LogP contribution in [-0.2, 0) is 0 Å². The van der Waals surface area contributed by atoms with Crippen molar-refractivity contribution < 1.29 is 9.13 Å². The summed E-state index contributed by atoms with van der Waals surface area (Å²) in [6.07, 6.45) is 0.341. The number of nitrogens with two attached hydrogens (primary N) is 1. The molecule has 0 saturated carbocycles. The lowest BCUT2D eigenvalue weighted by Crippen LogP contribution is -2.13. The Morgan fingerprint density at radius 3 is 2.53 bits per heavy atom. The predicted octanol–water partition coefficient (Wildman–Crippen LogP) is 4.11. The highest BCUT2D eigenvalue weighted by Crippen LogP contribution is 2.30. The van der Waals surface area contributed by atoms with E-state index < -0.39 is 0 Å². The van der Waals surface area contributed by atoms with Crippen molar-refractivity contribution in [1.82, 2.24) is 20.0 Å². The SMILES string of the molecule is Cc1nnc(N(C)C)c2nn(-c3cccc(OC(CCN)c4ccc(F)cc4)c3)c(C)c12. The third-order valence-corrected chi connectivity index (χ3v) is 5.42. The molecule has 2 aromatic carbocycles. The van der Waals surface area contributed by atoms with Gasteiger partial charge in [-0.2, -0.15) is 10.2 Å². The number of hydrogen-bond donors (Lipinski definition) is 1. The van der Waals surface area contributed by atoms with Crippen molar-refractivity contribution in [2.75, 3.05) is 25.5 Å². The number of ether oxygens (including phenoxy) is 1. The lowest BCUT2D eigenvalue weighted by Gasteiger charge is -2.19. The predicted molar refractivity (Wildman–Crippen MR) is 124 cm³/mol. The van der Waals surface area contributed by atoms with Crippen LogP contribution in [0.3, 0.4) is 0 Å². The Balaban J connectivity index is 1.72. The lowest BCUT2D eigenvalue weighted by molar-refractivity contribution is 0.197. The van der Waals surface area contributed by atoms with Gasteiger partial charge in [-0.25, -0.2) is 9.07 Å². The van der Waals surface area contributed by atoms with E-state index >= 15 is 0 Å². The van der Waals surface area contributed by atoms with Crippen LogP contribution in [0.4, 0.5) is 10.2 Å². The van der Waals surface area contributed by atoms with Gasteiger partial charge in [0.15, 0.2) is 5.82 Å². The molecule has 1 atom stereocenters. The molecule has 0 aliphatic rings. The van der Waals surface area contributed by atoms with Crippen LogP contribution in [0.1, 0.15) is 29.5 Å². The molecular weight excluding hydrogens is 407 g/mol. The molecule has 0 bridgehead atoms. The normalized spacial score (nSPS) is 12.2. The quantitative estimate of drug-likeness (QED) is 0.471. The maximum absolute atomic E-state index is 13.3.